The molecule has 0 aliphatic carbocycles. The number of nitrogen functional groups attached to an aromatic ring is 1. The largest absolute Gasteiger partial charge is 0.324 e. The molecule has 0 atom stereocenters. The smallest absolute Gasteiger partial charge is 0.269 e. The molecule has 1 aromatic carbocycles. The summed E-state index contributed by atoms with van der Waals surface area (Å²) < 4.78 is 2.50. The summed E-state index contributed by atoms with van der Waals surface area (Å²) in [5.41, 5.74) is 3.86. The Labute approximate surface area is 111 Å². The molecule has 0 saturated heterocycles. The predicted molar refractivity (Wildman–Crippen MR) is 69.9 cm³/mol. The number of nitrogens with zero attached hydrogens (tertiary/aromatic N) is 3. The van der Waals surface area contributed by atoms with Crippen molar-refractivity contribution >= 4 is 27.3 Å². The van der Waals surface area contributed by atoms with Crippen LogP contribution in [0.1, 0.15) is 5.56 Å². The molecule has 3 N–H and O–H groups in total. The Morgan fingerprint density at radius 2 is 2.33 bits per heavy atom. The SMILES string of the molecule is NNc1ccc([N+](=O)[O-])cc1Cn1cc(Br)cn1. The Balaban J connectivity index is 2.35. The normalized spacial score (nSPS) is 10.3. The maximum atomic E-state index is 10.7. The van der Waals surface area contributed by atoms with Crippen molar-refractivity contribution in [1.29, 1.82) is 0 Å². The molecule has 18 heavy (non-hydrogen) atoms. The third-order valence-electron chi connectivity index (χ3n) is 2.39. The van der Waals surface area contributed by atoms with Crippen LogP contribution in [0.25, 0.3) is 0 Å². The minimum Gasteiger partial charge on any atom is -0.324 e. The van der Waals surface area contributed by atoms with Gasteiger partial charge in [0.15, 0.2) is 0 Å². The summed E-state index contributed by atoms with van der Waals surface area (Å²) in [5, 5.41) is 14.8. The van der Waals surface area contributed by atoms with Crippen LogP contribution in [0, 0.1) is 10.1 Å². The van der Waals surface area contributed by atoms with Gasteiger partial charge >= 0.3 is 0 Å². The summed E-state index contributed by atoms with van der Waals surface area (Å²) in [7, 11) is 0. The van der Waals surface area contributed by atoms with Gasteiger partial charge in [0, 0.05) is 23.9 Å². The van der Waals surface area contributed by atoms with Crippen molar-refractivity contribution in [2.24, 2.45) is 5.84 Å². The van der Waals surface area contributed by atoms with Gasteiger partial charge < -0.3 is 5.43 Å². The average Bonchev–Trinajstić information content (AvgIpc) is 2.74. The molecule has 0 saturated carbocycles. The molecule has 0 bridgehead atoms. The summed E-state index contributed by atoms with van der Waals surface area (Å²) in [6.07, 6.45) is 3.42. The van der Waals surface area contributed by atoms with E-state index >= 15 is 0 Å². The van der Waals surface area contributed by atoms with Crippen molar-refractivity contribution in [3.8, 4) is 0 Å². The fourth-order valence-electron chi connectivity index (χ4n) is 1.56. The van der Waals surface area contributed by atoms with Crippen LogP contribution < -0.4 is 11.3 Å². The number of halogens is 1. The molecule has 2 rings (SSSR count). The van der Waals surface area contributed by atoms with Crippen LogP contribution in [0.15, 0.2) is 35.1 Å². The summed E-state index contributed by atoms with van der Waals surface area (Å²) in [5.74, 6) is 5.38. The van der Waals surface area contributed by atoms with E-state index in [1.54, 1.807) is 23.1 Å². The Morgan fingerprint density at radius 3 is 2.89 bits per heavy atom. The summed E-state index contributed by atoms with van der Waals surface area (Å²) in [6.45, 7) is 0.396. The number of hydrogen-bond acceptors (Lipinski definition) is 5. The van der Waals surface area contributed by atoms with E-state index in [0.717, 1.165) is 4.47 Å². The van der Waals surface area contributed by atoms with Crippen molar-refractivity contribution < 1.29 is 4.92 Å². The molecule has 0 amide bonds. The molecule has 0 spiro atoms. The van der Waals surface area contributed by atoms with Gasteiger partial charge in [0.25, 0.3) is 5.69 Å². The molecule has 2 aromatic rings. The highest BCUT2D eigenvalue weighted by atomic mass is 79.9. The minimum absolute atomic E-state index is 0.0234. The first-order valence-electron chi connectivity index (χ1n) is 5.02. The van der Waals surface area contributed by atoms with Crippen molar-refractivity contribution in [2.45, 2.75) is 6.54 Å². The van der Waals surface area contributed by atoms with E-state index in [9.17, 15) is 10.1 Å². The Morgan fingerprint density at radius 1 is 1.56 bits per heavy atom. The van der Waals surface area contributed by atoms with Gasteiger partial charge in [-0.2, -0.15) is 5.10 Å². The molecule has 1 aromatic heterocycles. The van der Waals surface area contributed by atoms with Gasteiger partial charge in [0.1, 0.15) is 0 Å². The number of hydrazine groups is 1. The highest BCUT2D eigenvalue weighted by Gasteiger charge is 2.11. The topological polar surface area (TPSA) is 99.0 Å². The van der Waals surface area contributed by atoms with Gasteiger partial charge in [-0.1, -0.05) is 0 Å². The molecular formula is C10H10BrN5O2. The number of hydrogen-bond donors (Lipinski definition) is 2. The number of nitrogens with two attached hydrogens (primary N) is 1. The van der Waals surface area contributed by atoms with Crippen LogP contribution in [0.2, 0.25) is 0 Å². The quantitative estimate of drug-likeness (QED) is 0.510. The third-order valence-corrected chi connectivity index (χ3v) is 2.80. The van der Waals surface area contributed by atoms with Crippen molar-refractivity contribution in [3.05, 3.63) is 50.7 Å². The highest BCUT2D eigenvalue weighted by Crippen LogP contribution is 2.22. The molecule has 7 nitrogen and oxygen atoms in total. The lowest BCUT2D eigenvalue weighted by atomic mass is 10.1. The summed E-state index contributed by atoms with van der Waals surface area (Å²) >= 11 is 3.29. The molecule has 0 aliphatic rings. The van der Waals surface area contributed by atoms with E-state index < -0.39 is 4.92 Å². The van der Waals surface area contributed by atoms with Gasteiger partial charge in [-0.3, -0.25) is 20.6 Å². The van der Waals surface area contributed by atoms with Crippen LogP contribution >= 0.6 is 15.9 Å². The van der Waals surface area contributed by atoms with Crippen molar-refractivity contribution in [1.82, 2.24) is 9.78 Å². The fraction of sp³-hybridized carbons (Fsp3) is 0.100. The minimum atomic E-state index is -0.442. The number of nitro benzene ring substituents is 1. The van der Waals surface area contributed by atoms with E-state index in [4.69, 9.17) is 5.84 Å². The van der Waals surface area contributed by atoms with Crippen LogP contribution in [0.4, 0.5) is 11.4 Å². The molecule has 0 unspecified atom stereocenters. The zero-order chi connectivity index (χ0) is 13.1. The molecule has 0 radical (unpaired) electrons. The van der Waals surface area contributed by atoms with Gasteiger partial charge in [-0.15, -0.1) is 0 Å². The van der Waals surface area contributed by atoms with Crippen LogP contribution in [0.3, 0.4) is 0 Å². The Bertz CT molecular complexity index is 583. The zero-order valence-electron chi connectivity index (χ0n) is 9.21. The lowest BCUT2D eigenvalue weighted by Gasteiger charge is -2.08. The lowest BCUT2D eigenvalue weighted by Crippen LogP contribution is -2.11. The van der Waals surface area contributed by atoms with E-state index in [2.05, 4.69) is 26.5 Å². The maximum absolute atomic E-state index is 10.7. The number of anilines is 1. The average molecular weight is 312 g/mol. The second-order valence-electron chi connectivity index (χ2n) is 3.60. The fourth-order valence-corrected chi connectivity index (χ4v) is 1.89. The molecule has 1 heterocycles. The Kier molecular flexibility index (Phi) is 3.58. The number of non-ortho nitro benzene ring substituents is 1. The first-order chi connectivity index (χ1) is 8.60. The van der Waals surface area contributed by atoms with Crippen LogP contribution in [-0.4, -0.2) is 14.7 Å². The first kappa shape index (κ1) is 12.5. The molecule has 8 heteroatoms. The number of nitrogens with one attached hydrogen (secondary N) is 1. The van der Waals surface area contributed by atoms with E-state index in [0.29, 0.717) is 17.8 Å². The number of aromatic nitrogens is 2. The van der Waals surface area contributed by atoms with Gasteiger partial charge in [0.05, 0.1) is 27.8 Å². The number of nitro groups is 1. The second-order valence-corrected chi connectivity index (χ2v) is 4.51. The van der Waals surface area contributed by atoms with Crippen molar-refractivity contribution in [2.75, 3.05) is 5.43 Å². The van der Waals surface area contributed by atoms with E-state index in [-0.39, 0.29) is 5.69 Å². The zero-order valence-corrected chi connectivity index (χ0v) is 10.8. The molecule has 0 aliphatic heterocycles. The lowest BCUT2D eigenvalue weighted by molar-refractivity contribution is -0.384. The van der Waals surface area contributed by atoms with Crippen molar-refractivity contribution in [3.63, 3.8) is 0 Å². The second kappa shape index (κ2) is 5.15. The molecular weight excluding hydrogens is 302 g/mol. The van der Waals surface area contributed by atoms with Gasteiger partial charge in [0.2, 0.25) is 0 Å². The van der Waals surface area contributed by atoms with Crippen LogP contribution in [-0.2, 0) is 6.54 Å². The predicted octanol–water partition coefficient (Wildman–Crippen LogP) is 1.89. The molecule has 0 fully saturated rings. The third kappa shape index (κ3) is 2.66. The summed E-state index contributed by atoms with van der Waals surface area (Å²) in [6, 6.07) is 4.45. The van der Waals surface area contributed by atoms with Gasteiger partial charge in [-0.25, -0.2) is 0 Å². The number of benzene rings is 1. The van der Waals surface area contributed by atoms with E-state index in [1.807, 2.05) is 0 Å². The molecule has 94 valence electrons. The monoisotopic (exact) mass is 311 g/mol. The van der Waals surface area contributed by atoms with E-state index in [1.165, 1.54) is 12.1 Å². The van der Waals surface area contributed by atoms with Gasteiger partial charge in [-0.05, 0) is 22.0 Å². The first-order valence-corrected chi connectivity index (χ1v) is 5.81. The standard InChI is InChI=1S/C10H10BrN5O2/c11-8-4-13-15(6-8)5-7-3-9(16(17)18)1-2-10(7)14-12/h1-4,6,14H,5,12H2. The highest BCUT2D eigenvalue weighted by molar-refractivity contribution is 9.10. The summed E-state index contributed by atoms with van der Waals surface area (Å²) in [4.78, 5) is 10.3. The number of rotatable bonds is 4. The Hall–Kier alpha value is -1.93. The van der Waals surface area contributed by atoms with Crippen LogP contribution in [0.5, 0.6) is 0 Å². The maximum Gasteiger partial charge on any atom is 0.269 e.